The van der Waals surface area contributed by atoms with E-state index in [0.29, 0.717) is 11.5 Å². The third kappa shape index (κ3) is 3.41. The molecule has 1 aliphatic heterocycles. The van der Waals surface area contributed by atoms with E-state index in [1.807, 2.05) is 0 Å². The van der Waals surface area contributed by atoms with Gasteiger partial charge < -0.3 is 14.8 Å². The molecule has 126 valence electrons. The van der Waals surface area contributed by atoms with Crippen molar-refractivity contribution in [3.8, 4) is 11.5 Å². The van der Waals surface area contributed by atoms with Crippen LogP contribution in [0.1, 0.15) is 5.56 Å². The molecule has 0 spiro atoms. The maximum atomic E-state index is 13.1. The highest BCUT2D eigenvalue weighted by Crippen LogP contribution is 2.37. The summed E-state index contributed by atoms with van der Waals surface area (Å²) in [5, 5.41) is 2.14. The second-order valence-corrected chi connectivity index (χ2v) is 5.48. The molecule has 4 nitrogen and oxygen atoms in total. The van der Waals surface area contributed by atoms with Crippen molar-refractivity contribution in [1.82, 2.24) is 0 Å². The van der Waals surface area contributed by atoms with Crippen molar-refractivity contribution in [2.75, 3.05) is 11.9 Å². The average molecular weight is 358 g/mol. The van der Waals surface area contributed by atoms with Crippen LogP contribution >= 0.6 is 11.6 Å². The Labute approximate surface area is 140 Å². The summed E-state index contributed by atoms with van der Waals surface area (Å²) >= 11 is 5.61. The van der Waals surface area contributed by atoms with Crippen LogP contribution in [0.5, 0.6) is 11.5 Å². The Balaban J connectivity index is 1.79. The average Bonchev–Trinajstić information content (AvgIpc) is 2.55. The number of amides is 1. The highest BCUT2D eigenvalue weighted by atomic mass is 35.5. The molecule has 1 N–H and O–H groups in total. The van der Waals surface area contributed by atoms with Crippen LogP contribution in [0.3, 0.4) is 0 Å². The molecule has 0 radical (unpaired) electrons. The molecule has 8 heteroatoms. The van der Waals surface area contributed by atoms with Crippen LogP contribution < -0.4 is 14.8 Å². The van der Waals surface area contributed by atoms with Crippen LogP contribution in [0.25, 0.3) is 0 Å². The number of alkyl halides is 3. The number of carbonyl (C=O) groups is 1. The first-order valence-corrected chi connectivity index (χ1v) is 7.28. The van der Waals surface area contributed by atoms with E-state index in [2.05, 4.69) is 5.32 Å². The number of hydrogen-bond acceptors (Lipinski definition) is 3. The normalized spacial score (nSPS) is 16.6. The molecule has 1 atom stereocenters. The van der Waals surface area contributed by atoms with Gasteiger partial charge in [-0.25, -0.2) is 0 Å². The molecule has 24 heavy (non-hydrogen) atoms. The van der Waals surface area contributed by atoms with Crippen molar-refractivity contribution in [1.29, 1.82) is 0 Å². The summed E-state index contributed by atoms with van der Waals surface area (Å²) in [5.41, 5.74) is -1.42. The number of carbonyl (C=O) groups excluding carboxylic acids is 1. The largest absolute Gasteiger partial charge is 0.485 e. The van der Waals surface area contributed by atoms with Gasteiger partial charge in [-0.1, -0.05) is 23.7 Å². The van der Waals surface area contributed by atoms with Crippen molar-refractivity contribution < 1.29 is 27.4 Å². The number of anilines is 1. The molecule has 1 aliphatic rings. The first-order chi connectivity index (χ1) is 11.3. The number of para-hydroxylation sites is 2. The number of benzene rings is 2. The minimum Gasteiger partial charge on any atom is -0.485 e. The second-order valence-electron chi connectivity index (χ2n) is 5.04. The molecular formula is C16H11ClF3NO3. The molecule has 3 rings (SSSR count). The molecule has 1 heterocycles. The van der Waals surface area contributed by atoms with Crippen molar-refractivity contribution in [3.05, 3.63) is 53.1 Å². The van der Waals surface area contributed by atoms with Crippen LogP contribution in [0, 0.1) is 0 Å². The Morgan fingerprint density at radius 1 is 1.17 bits per heavy atom. The van der Waals surface area contributed by atoms with E-state index in [1.165, 1.54) is 6.07 Å². The van der Waals surface area contributed by atoms with Gasteiger partial charge in [0, 0.05) is 5.02 Å². The molecule has 1 amide bonds. The second kappa shape index (κ2) is 6.24. The van der Waals surface area contributed by atoms with E-state index < -0.39 is 23.8 Å². The van der Waals surface area contributed by atoms with Crippen LogP contribution in [0.4, 0.5) is 18.9 Å². The van der Waals surface area contributed by atoms with Gasteiger partial charge in [0.2, 0.25) is 6.10 Å². The fraction of sp³-hybridized carbons (Fsp3) is 0.188. The predicted molar refractivity (Wildman–Crippen MR) is 81.4 cm³/mol. The Morgan fingerprint density at radius 2 is 1.88 bits per heavy atom. The zero-order chi connectivity index (χ0) is 17.3. The first-order valence-electron chi connectivity index (χ1n) is 6.90. The van der Waals surface area contributed by atoms with E-state index >= 15 is 0 Å². The molecule has 0 bridgehead atoms. The third-order valence-corrected chi connectivity index (χ3v) is 3.58. The van der Waals surface area contributed by atoms with Gasteiger partial charge in [-0.2, -0.15) is 13.2 Å². The lowest BCUT2D eigenvalue weighted by molar-refractivity contribution is -0.137. The Morgan fingerprint density at radius 3 is 2.58 bits per heavy atom. The Kier molecular flexibility index (Phi) is 4.28. The summed E-state index contributed by atoms with van der Waals surface area (Å²) in [6.07, 6.45) is -5.71. The van der Waals surface area contributed by atoms with Gasteiger partial charge in [0.05, 0.1) is 11.3 Å². The van der Waals surface area contributed by atoms with E-state index in [0.717, 1.165) is 12.1 Å². The van der Waals surface area contributed by atoms with E-state index in [-0.39, 0.29) is 17.3 Å². The smallest absolute Gasteiger partial charge is 0.418 e. The SMILES string of the molecule is O=C(Nc1ccc(Cl)cc1C(F)(F)F)[C@@H]1COc2ccccc2O1. The molecule has 0 saturated carbocycles. The van der Waals surface area contributed by atoms with Crippen LogP contribution in [-0.2, 0) is 11.0 Å². The topological polar surface area (TPSA) is 47.6 Å². The minimum absolute atomic E-state index is 0.0773. The van der Waals surface area contributed by atoms with Crippen molar-refractivity contribution in [2.45, 2.75) is 12.3 Å². The van der Waals surface area contributed by atoms with Crippen molar-refractivity contribution in [3.63, 3.8) is 0 Å². The quantitative estimate of drug-likeness (QED) is 0.878. The van der Waals surface area contributed by atoms with Gasteiger partial charge in [0.1, 0.15) is 6.61 Å². The lowest BCUT2D eigenvalue weighted by atomic mass is 10.1. The molecule has 0 fully saturated rings. The van der Waals surface area contributed by atoms with E-state index in [9.17, 15) is 18.0 Å². The van der Waals surface area contributed by atoms with Gasteiger partial charge >= 0.3 is 6.18 Å². The number of halogens is 4. The summed E-state index contributed by atoms with van der Waals surface area (Å²) in [5.74, 6) is 0.0948. The number of ether oxygens (including phenoxy) is 2. The zero-order valence-corrected chi connectivity index (χ0v) is 12.8. The third-order valence-electron chi connectivity index (χ3n) is 3.35. The number of hydrogen-bond donors (Lipinski definition) is 1. The molecule has 0 aromatic heterocycles. The summed E-state index contributed by atoms with van der Waals surface area (Å²) in [4.78, 5) is 12.2. The molecule has 2 aromatic carbocycles. The lowest BCUT2D eigenvalue weighted by Crippen LogP contribution is -2.40. The molecule has 0 unspecified atom stereocenters. The fourth-order valence-electron chi connectivity index (χ4n) is 2.22. The maximum Gasteiger partial charge on any atom is 0.418 e. The van der Waals surface area contributed by atoms with E-state index in [4.69, 9.17) is 21.1 Å². The van der Waals surface area contributed by atoms with E-state index in [1.54, 1.807) is 24.3 Å². The van der Waals surface area contributed by atoms with Crippen molar-refractivity contribution >= 4 is 23.2 Å². The van der Waals surface area contributed by atoms with Crippen LogP contribution in [-0.4, -0.2) is 18.6 Å². The predicted octanol–water partition coefficient (Wildman–Crippen LogP) is 4.14. The molecule has 2 aromatic rings. The zero-order valence-electron chi connectivity index (χ0n) is 12.1. The summed E-state index contributed by atoms with van der Waals surface area (Å²) < 4.78 is 50.0. The first kappa shape index (κ1) is 16.4. The Bertz CT molecular complexity index is 779. The highest BCUT2D eigenvalue weighted by Gasteiger charge is 2.35. The molecule has 0 saturated heterocycles. The fourth-order valence-corrected chi connectivity index (χ4v) is 2.39. The highest BCUT2D eigenvalue weighted by molar-refractivity contribution is 6.30. The summed E-state index contributed by atoms with van der Waals surface area (Å²) in [6.45, 7) is -0.0994. The number of fused-ring (bicyclic) bond motifs is 1. The standard InChI is InChI=1S/C16H11ClF3NO3/c17-9-5-6-11(10(7-9)16(18,19)20)21-15(22)14-8-23-12-3-1-2-4-13(12)24-14/h1-7,14H,8H2,(H,21,22)/t14-/m0/s1. The van der Waals surface area contributed by atoms with Gasteiger partial charge in [-0.05, 0) is 30.3 Å². The van der Waals surface area contributed by atoms with Gasteiger partial charge in [-0.15, -0.1) is 0 Å². The lowest BCUT2D eigenvalue weighted by Gasteiger charge is -2.26. The molecular weight excluding hydrogens is 347 g/mol. The Hall–Kier alpha value is -2.41. The van der Waals surface area contributed by atoms with Crippen LogP contribution in [0.2, 0.25) is 5.02 Å². The van der Waals surface area contributed by atoms with Crippen molar-refractivity contribution in [2.24, 2.45) is 0 Å². The minimum atomic E-state index is -4.65. The monoisotopic (exact) mass is 357 g/mol. The summed E-state index contributed by atoms with van der Waals surface area (Å²) in [6, 6.07) is 9.84. The molecule has 0 aliphatic carbocycles. The number of nitrogens with one attached hydrogen (secondary N) is 1. The van der Waals surface area contributed by atoms with Gasteiger partial charge in [-0.3, -0.25) is 4.79 Å². The maximum absolute atomic E-state index is 13.1. The number of rotatable bonds is 2. The van der Waals surface area contributed by atoms with Gasteiger partial charge in [0.15, 0.2) is 11.5 Å². The van der Waals surface area contributed by atoms with Gasteiger partial charge in [0.25, 0.3) is 5.91 Å². The van der Waals surface area contributed by atoms with Crippen LogP contribution in [0.15, 0.2) is 42.5 Å². The summed E-state index contributed by atoms with van der Waals surface area (Å²) in [7, 11) is 0.